The molecule has 5 heteroatoms. The Hall–Kier alpha value is -1.87. The van der Waals surface area contributed by atoms with Crippen LogP contribution in [0.3, 0.4) is 0 Å². The zero-order valence-corrected chi connectivity index (χ0v) is 18.8. The SMILES string of the molecule is Cc1ccc(S(=O)(=O)NC(C#Cc2ccccc2)[Si](C)(C)C(C)(C)C)cc1. The van der Waals surface area contributed by atoms with Gasteiger partial charge in [-0.3, -0.25) is 0 Å². The Morgan fingerprint density at radius 2 is 1.52 bits per heavy atom. The van der Waals surface area contributed by atoms with Crippen molar-refractivity contribution < 1.29 is 8.42 Å². The minimum atomic E-state index is -3.64. The van der Waals surface area contributed by atoms with E-state index in [1.165, 1.54) is 0 Å². The summed E-state index contributed by atoms with van der Waals surface area (Å²) in [6, 6.07) is 16.6. The van der Waals surface area contributed by atoms with E-state index in [2.05, 4.69) is 50.4 Å². The Labute approximate surface area is 165 Å². The Morgan fingerprint density at radius 1 is 0.963 bits per heavy atom. The molecular formula is C22H29NO2SSi. The van der Waals surface area contributed by atoms with Crippen molar-refractivity contribution in [1.82, 2.24) is 4.72 Å². The molecule has 1 N–H and O–H groups in total. The highest BCUT2D eigenvalue weighted by molar-refractivity contribution is 7.89. The highest BCUT2D eigenvalue weighted by atomic mass is 32.2. The minimum Gasteiger partial charge on any atom is -0.207 e. The lowest BCUT2D eigenvalue weighted by Gasteiger charge is -2.41. The first-order chi connectivity index (χ1) is 12.4. The molecule has 0 aliphatic heterocycles. The predicted octanol–water partition coefficient (Wildman–Crippen LogP) is 4.74. The lowest BCUT2D eigenvalue weighted by atomic mass is 10.2. The molecule has 0 radical (unpaired) electrons. The molecule has 0 aromatic heterocycles. The van der Waals surface area contributed by atoms with Crippen LogP contribution in [-0.2, 0) is 10.0 Å². The standard InChI is InChI=1S/C22H29NO2SSi/c1-18-12-15-20(16-13-18)26(24,25)23-21(27(5,6)22(2,3)4)17-14-19-10-8-7-9-11-19/h7-13,15-16,21,23H,1-6H3. The van der Waals surface area contributed by atoms with Crippen molar-refractivity contribution >= 4 is 18.1 Å². The van der Waals surface area contributed by atoms with Gasteiger partial charge in [0.05, 0.1) is 18.6 Å². The number of benzene rings is 2. The molecule has 2 aromatic rings. The average Bonchev–Trinajstić information content (AvgIpc) is 2.58. The summed E-state index contributed by atoms with van der Waals surface area (Å²) in [5.41, 5.74) is 1.51. The summed E-state index contributed by atoms with van der Waals surface area (Å²) in [5, 5.41) is -0.0150. The molecule has 144 valence electrons. The fourth-order valence-electron chi connectivity index (χ4n) is 2.41. The molecular weight excluding hydrogens is 370 g/mol. The summed E-state index contributed by atoms with van der Waals surface area (Å²) in [4.78, 5) is 0.276. The van der Waals surface area contributed by atoms with Gasteiger partial charge in [-0.2, -0.15) is 4.72 Å². The second-order valence-corrected chi connectivity index (χ2v) is 15.7. The Kier molecular flexibility index (Phi) is 6.36. The lowest BCUT2D eigenvalue weighted by Crippen LogP contribution is -2.57. The topological polar surface area (TPSA) is 46.2 Å². The first kappa shape index (κ1) is 21.4. The minimum absolute atomic E-state index is 0.0150. The molecule has 0 fully saturated rings. The summed E-state index contributed by atoms with van der Waals surface area (Å²) in [7, 11) is -5.75. The van der Waals surface area contributed by atoms with E-state index in [-0.39, 0.29) is 9.93 Å². The highest BCUT2D eigenvalue weighted by Crippen LogP contribution is 2.38. The summed E-state index contributed by atoms with van der Waals surface area (Å²) in [6.07, 6.45) is 0. The van der Waals surface area contributed by atoms with Gasteiger partial charge in [0, 0.05) is 5.56 Å². The van der Waals surface area contributed by atoms with E-state index in [0.29, 0.717) is 0 Å². The number of sulfonamides is 1. The van der Waals surface area contributed by atoms with Crippen LogP contribution in [0.4, 0.5) is 0 Å². The van der Waals surface area contributed by atoms with Gasteiger partial charge in [0.2, 0.25) is 10.0 Å². The third-order valence-electron chi connectivity index (χ3n) is 5.39. The van der Waals surface area contributed by atoms with Crippen LogP contribution in [0.2, 0.25) is 18.1 Å². The second-order valence-electron chi connectivity index (χ2n) is 8.47. The first-order valence-electron chi connectivity index (χ1n) is 9.09. The van der Waals surface area contributed by atoms with Crippen LogP contribution in [-0.4, -0.2) is 22.2 Å². The van der Waals surface area contributed by atoms with Crippen LogP contribution in [0.15, 0.2) is 59.5 Å². The molecule has 0 amide bonds. The largest absolute Gasteiger partial charge is 0.241 e. The molecule has 3 nitrogen and oxygen atoms in total. The maximum atomic E-state index is 13.0. The fourth-order valence-corrected chi connectivity index (χ4v) is 6.35. The van der Waals surface area contributed by atoms with Gasteiger partial charge in [-0.05, 0) is 36.2 Å². The van der Waals surface area contributed by atoms with E-state index in [0.717, 1.165) is 11.1 Å². The van der Waals surface area contributed by atoms with E-state index in [9.17, 15) is 8.42 Å². The summed E-state index contributed by atoms with van der Waals surface area (Å²) in [5.74, 6) is 6.41. The zero-order chi connectivity index (χ0) is 20.3. The number of hydrogen-bond donors (Lipinski definition) is 1. The first-order valence-corrected chi connectivity index (χ1v) is 13.7. The van der Waals surface area contributed by atoms with Crippen molar-refractivity contribution in [2.45, 2.75) is 56.4 Å². The van der Waals surface area contributed by atoms with Crippen molar-refractivity contribution in [3.63, 3.8) is 0 Å². The molecule has 0 saturated heterocycles. The third kappa shape index (κ3) is 5.32. The molecule has 0 aliphatic carbocycles. The molecule has 2 aromatic carbocycles. The smallest absolute Gasteiger partial charge is 0.207 e. The van der Waals surface area contributed by atoms with Gasteiger partial charge in [0.15, 0.2) is 0 Å². The van der Waals surface area contributed by atoms with E-state index in [1.54, 1.807) is 12.1 Å². The summed E-state index contributed by atoms with van der Waals surface area (Å²) in [6.45, 7) is 12.8. The quantitative estimate of drug-likeness (QED) is 0.596. The van der Waals surface area contributed by atoms with E-state index in [4.69, 9.17) is 0 Å². The van der Waals surface area contributed by atoms with Crippen LogP contribution in [0.5, 0.6) is 0 Å². The average molecular weight is 400 g/mol. The highest BCUT2D eigenvalue weighted by Gasteiger charge is 2.43. The predicted molar refractivity (Wildman–Crippen MR) is 116 cm³/mol. The molecule has 0 aliphatic rings. The van der Waals surface area contributed by atoms with Crippen LogP contribution < -0.4 is 4.72 Å². The number of rotatable bonds is 4. The molecule has 0 bridgehead atoms. The zero-order valence-electron chi connectivity index (χ0n) is 17.0. The molecule has 0 spiro atoms. The number of nitrogens with one attached hydrogen (secondary N) is 1. The van der Waals surface area contributed by atoms with Gasteiger partial charge in [-0.15, -0.1) is 0 Å². The Morgan fingerprint density at radius 3 is 2.04 bits per heavy atom. The van der Waals surface area contributed by atoms with Crippen molar-refractivity contribution in [1.29, 1.82) is 0 Å². The van der Waals surface area contributed by atoms with E-state index < -0.39 is 23.8 Å². The monoisotopic (exact) mass is 399 g/mol. The van der Waals surface area contributed by atoms with Gasteiger partial charge >= 0.3 is 0 Å². The third-order valence-corrected chi connectivity index (χ3v) is 12.6. The van der Waals surface area contributed by atoms with Crippen molar-refractivity contribution in [2.24, 2.45) is 0 Å². The normalized spacial score (nSPS) is 13.6. The van der Waals surface area contributed by atoms with Crippen molar-refractivity contribution in [3.8, 4) is 11.8 Å². The van der Waals surface area contributed by atoms with Gasteiger partial charge in [0.1, 0.15) is 0 Å². The lowest BCUT2D eigenvalue weighted by molar-refractivity contribution is 0.580. The van der Waals surface area contributed by atoms with Gasteiger partial charge < -0.3 is 0 Å². The Bertz CT molecular complexity index is 932. The van der Waals surface area contributed by atoms with Crippen LogP contribution in [0.1, 0.15) is 31.9 Å². The number of aryl methyl sites for hydroxylation is 1. The van der Waals surface area contributed by atoms with Crippen LogP contribution in [0.25, 0.3) is 0 Å². The summed E-state index contributed by atoms with van der Waals surface area (Å²) >= 11 is 0. The van der Waals surface area contributed by atoms with Crippen molar-refractivity contribution in [3.05, 3.63) is 65.7 Å². The van der Waals surface area contributed by atoms with Crippen LogP contribution in [0, 0.1) is 18.8 Å². The van der Waals surface area contributed by atoms with Crippen molar-refractivity contribution in [2.75, 3.05) is 0 Å². The summed E-state index contributed by atoms with van der Waals surface area (Å²) < 4.78 is 28.9. The van der Waals surface area contributed by atoms with Gasteiger partial charge in [-0.1, -0.05) is 81.6 Å². The van der Waals surface area contributed by atoms with Gasteiger partial charge in [-0.25, -0.2) is 8.42 Å². The molecule has 27 heavy (non-hydrogen) atoms. The fraction of sp³-hybridized carbons (Fsp3) is 0.364. The molecule has 0 saturated carbocycles. The molecule has 2 rings (SSSR count). The molecule has 0 heterocycles. The molecule has 1 unspecified atom stereocenters. The van der Waals surface area contributed by atoms with Gasteiger partial charge in [0.25, 0.3) is 0 Å². The maximum absolute atomic E-state index is 13.0. The second kappa shape index (κ2) is 8.01. The number of hydrogen-bond acceptors (Lipinski definition) is 2. The van der Waals surface area contributed by atoms with E-state index in [1.807, 2.05) is 49.4 Å². The van der Waals surface area contributed by atoms with E-state index >= 15 is 0 Å². The molecule has 1 atom stereocenters. The Balaban J connectivity index is 2.44. The van der Waals surface area contributed by atoms with Crippen LogP contribution >= 0.6 is 0 Å². The maximum Gasteiger partial charge on any atom is 0.241 e.